The molecule has 0 unspecified atom stereocenters. The first kappa shape index (κ1) is 14.6. The molecule has 0 atom stereocenters. The minimum Gasteiger partial charge on any atom is -0.493 e. The first-order chi connectivity index (χ1) is 7.61. The average molecular weight is 226 g/mol. The van der Waals surface area contributed by atoms with Gasteiger partial charge in [0, 0.05) is 11.1 Å². The Balaban J connectivity index is 0.00000106. The molecule has 0 N–H and O–H groups in total. The van der Waals surface area contributed by atoms with Crippen LogP contribution in [-0.2, 0) is 6.42 Å². The molecule has 3 heteroatoms. The fourth-order valence-corrected chi connectivity index (χ4v) is 1.50. The van der Waals surface area contributed by atoms with E-state index in [0.717, 1.165) is 0 Å². The summed E-state index contributed by atoms with van der Waals surface area (Å²) < 4.78 is 18.2. The van der Waals surface area contributed by atoms with Crippen molar-refractivity contribution in [1.82, 2.24) is 0 Å². The summed E-state index contributed by atoms with van der Waals surface area (Å²) >= 11 is 0. The molecule has 1 rings (SSSR count). The van der Waals surface area contributed by atoms with Crippen molar-refractivity contribution in [2.24, 2.45) is 0 Å². The zero-order chi connectivity index (χ0) is 12.7. The molecule has 1 aromatic carbocycles. The summed E-state index contributed by atoms with van der Waals surface area (Å²) in [6.45, 7) is 7.33. The molecular weight excluding hydrogens is 207 g/mol. The van der Waals surface area contributed by atoms with Gasteiger partial charge >= 0.3 is 0 Å². The molecule has 0 saturated carbocycles. The number of halogens is 1. The van der Waals surface area contributed by atoms with E-state index in [9.17, 15) is 9.18 Å². The number of carbonyl (C=O) groups is 1. The van der Waals surface area contributed by atoms with Crippen LogP contribution < -0.4 is 4.74 Å². The lowest BCUT2D eigenvalue weighted by Gasteiger charge is -2.11. The molecular formula is C13H19FO2. The van der Waals surface area contributed by atoms with Crippen molar-refractivity contribution in [3.8, 4) is 5.75 Å². The molecule has 0 aromatic heterocycles. The summed E-state index contributed by atoms with van der Waals surface area (Å²) in [6, 6.07) is 2.76. The van der Waals surface area contributed by atoms with E-state index in [1.807, 2.05) is 20.8 Å². The van der Waals surface area contributed by atoms with E-state index in [4.69, 9.17) is 4.74 Å². The molecule has 0 aliphatic rings. The van der Waals surface area contributed by atoms with Gasteiger partial charge in [-0.05, 0) is 25.5 Å². The van der Waals surface area contributed by atoms with Gasteiger partial charge < -0.3 is 4.74 Å². The normalized spacial score (nSPS) is 9.12. The van der Waals surface area contributed by atoms with Crippen molar-refractivity contribution in [3.05, 3.63) is 29.1 Å². The first-order valence-corrected chi connectivity index (χ1v) is 5.48. The minimum atomic E-state index is -0.422. The number of carbonyl (C=O) groups excluding carboxylic acids is 1. The van der Waals surface area contributed by atoms with Crippen LogP contribution in [0.15, 0.2) is 12.1 Å². The largest absolute Gasteiger partial charge is 0.493 e. The zero-order valence-corrected chi connectivity index (χ0v) is 10.6. The number of Topliss-reactive ketones (excluding diaryl/α,β-unsaturated/α-hetero) is 1. The Kier molecular flexibility index (Phi) is 6.38. The lowest BCUT2D eigenvalue weighted by Crippen LogP contribution is -2.03. The van der Waals surface area contributed by atoms with Crippen molar-refractivity contribution in [2.45, 2.75) is 34.1 Å². The topological polar surface area (TPSA) is 26.3 Å². The number of hydrogen-bond acceptors (Lipinski definition) is 2. The molecule has 0 fully saturated rings. The number of rotatable bonds is 3. The predicted molar refractivity (Wildman–Crippen MR) is 63.7 cm³/mol. The van der Waals surface area contributed by atoms with Crippen LogP contribution in [0.3, 0.4) is 0 Å². The Morgan fingerprint density at radius 1 is 1.38 bits per heavy atom. The maximum Gasteiger partial charge on any atom is 0.165 e. The fraction of sp³-hybridized carbons (Fsp3) is 0.462. The number of hydrogen-bond donors (Lipinski definition) is 0. The maximum absolute atomic E-state index is 13.2. The Hall–Kier alpha value is -1.38. The second kappa shape index (κ2) is 6.99. The van der Waals surface area contributed by atoms with Crippen LogP contribution in [-0.4, -0.2) is 12.9 Å². The van der Waals surface area contributed by atoms with Crippen molar-refractivity contribution in [2.75, 3.05) is 7.11 Å². The highest BCUT2D eigenvalue weighted by atomic mass is 19.1. The maximum atomic E-state index is 13.2. The summed E-state index contributed by atoms with van der Waals surface area (Å²) in [5.74, 6) is -0.310. The molecule has 0 heterocycles. The van der Waals surface area contributed by atoms with Gasteiger partial charge in [-0.1, -0.05) is 20.8 Å². The Labute approximate surface area is 96.4 Å². The van der Waals surface area contributed by atoms with Crippen LogP contribution in [0.5, 0.6) is 5.75 Å². The fourth-order valence-electron chi connectivity index (χ4n) is 1.50. The minimum absolute atomic E-state index is 0.0693. The summed E-state index contributed by atoms with van der Waals surface area (Å²) in [6.07, 6.45) is 0.579. The van der Waals surface area contributed by atoms with Crippen molar-refractivity contribution in [1.29, 1.82) is 0 Å². The predicted octanol–water partition coefficient (Wildman–Crippen LogP) is 3.63. The molecule has 2 nitrogen and oxygen atoms in total. The van der Waals surface area contributed by atoms with Gasteiger partial charge in [0.1, 0.15) is 0 Å². The molecule has 0 aliphatic heterocycles. The summed E-state index contributed by atoms with van der Waals surface area (Å²) in [5, 5.41) is 0. The molecule has 0 spiro atoms. The van der Waals surface area contributed by atoms with Gasteiger partial charge in [-0.3, -0.25) is 4.79 Å². The summed E-state index contributed by atoms with van der Waals surface area (Å²) in [7, 11) is 1.40. The van der Waals surface area contributed by atoms with E-state index in [1.165, 1.54) is 26.2 Å². The van der Waals surface area contributed by atoms with E-state index in [1.54, 1.807) is 0 Å². The SMILES string of the molecule is CC.CCc1c(C(C)=O)ccc(F)c1OC. The summed E-state index contributed by atoms with van der Waals surface area (Å²) in [5.41, 5.74) is 1.17. The monoisotopic (exact) mass is 226 g/mol. The molecule has 0 saturated heterocycles. The van der Waals surface area contributed by atoms with Gasteiger partial charge in [0.15, 0.2) is 17.3 Å². The van der Waals surface area contributed by atoms with Crippen LogP contribution in [0.1, 0.15) is 43.6 Å². The Morgan fingerprint density at radius 2 is 1.94 bits per heavy atom. The standard InChI is InChI=1S/C11H13FO2.C2H6/c1-4-8-9(7(2)13)5-6-10(12)11(8)14-3;1-2/h5-6H,4H2,1-3H3;1-2H3. The Bertz CT molecular complexity index is 359. The lowest BCUT2D eigenvalue weighted by atomic mass is 10.0. The van der Waals surface area contributed by atoms with Crippen LogP contribution in [0.2, 0.25) is 0 Å². The highest BCUT2D eigenvalue weighted by Gasteiger charge is 2.14. The summed E-state index contributed by atoms with van der Waals surface area (Å²) in [4.78, 5) is 11.2. The second-order valence-corrected chi connectivity index (χ2v) is 3.02. The molecule has 16 heavy (non-hydrogen) atoms. The third kappa shape index (κ3) is 3.05. The van der Waals surface area contributed by atoms with Gasteiger partial charge in [0.25, 0.3) is 0 Å². The zero-order valence-electron chi connectivity index (χ0n) is 10.6. The molecule has 0 bridgehead atoms. The number of benzene rings is 1. The van der Waals surface area contributed by atoms with Crippen LogP contribution in [0, 0.1) is 5.82 Å². The van der Waals surface area contributed by atoms with Crippen LogP contribution in [0.25, 0.3) is 0 Å². The van der Waals surface area contributed by atoms with Crippen molar-refractivity contribution >= 4 is 5.78 Å². The highest BCUT2D eigenvalue weighted by Crippen LogP contribution is 2.26. The highest BCUT2D eigenvalue weighted by molar-refractivity contribution is 5.96. The van der Waals surface area contributed by atoms with E-state index >= 15 is 0 Å². The molecule has 0 amide bonds. The van der Waals surface area contributed by atoms with Crippen LogP contribution >= 0.6 is 0 Å². The molecule has 90 valence electrons. The second-order valence-electron chi connectivity index (χ2n) is 3.02. The van der Waals surface area contributed by atoms with Gasteiger partial charge in [-0.2, -0.15) is 0 Å². The van der Waals surface area contributed by atoms with E-state index in [0.29, 0.717) is 17.5 Å². The van der Waals surface area contributed by atoms with E-state index < -0.39 is 5.82 Å². The average Bonchev–Trinajstić information content (AvgIpc) is 2.30. The van der Waals surface area contributed by atoms with Crippen LogP contribution in [0.4, 0.5) is 4.39 Å². The number of ether oxygens (including phenoxy) is 1. The van der Waals surface area contributed by atoms with E-state index in [-0.39, 0.29) is 11.5 Å². The van der Waals surface area contributed by atoms with Gasteiger partial charge in [0.05, 0.1) is 7.11 Å². The molecule has 1 aromatic rings. The quantitative estimate of drug-likeness (QED) is 0.736. The third-order valence-electron chi connectivity index (χ3n) is 2.15. The number of ketones is 1. The van der Waals surface area contributed by atoms with E-state index in [2.05, 4.69) is 0 Å². The third-order valence-corrected chi connectivity index (χ3v) is 2.15. The lowest BCUT2D eigenvalue weighted by molar-refractivity contribution is 0.101. The van der Waals surface area contributed by atoms with Gasteiger partial charge in [0.2, 0.25) is 0 Å². The van der Waals surface area contributed by atoms with Crippen molar-refractivity contribution < 1.29 is 13.9 Å². The van der Waals surface area contributed by atoms with Crippen molar-refractivity contribution in [3.63, 3.8) is 0 Å². The molecule has 0 aliphatic carbocycles. The smallest absolute Gasteiger partial charge is 0.165 e. The Morgan fingerprint density at radius 3 is 2.31 bits per heavy atom. The first-order valence-electron chi connectivity index (χ1n) is 5.48. The number of methoxy groups -OCH3 is 1. The van der Waals surface area contributed by atoms with Gasteiger partial charge in [-0.15, -0.1) is 0 Å². The molecule has 0 radical (unpaired) electrons. The van der Waals surface area contributed by atoms with Gasteiger partial charge in [-0.25, -0.2) is 4.39 Å².